The maximum absolute atomic E-state index is 9.99. The SMILES string of the molecule is COc1ccc(O)c(CN2CCCC(C(C)C)CC2)c1. The van der Waals surface area contributed by atoms with Gasteiger partial charge in [0.25, 0.3) is 0 Å². The van der Waals surface area contributed by atoms with Crippen molar-refractivity contribution < 1.29 is 9.84 Å². The highest BCUT2D eigenvalue weighted by Crippen LogP contribution is 2.28. The maximum Gasteiger partial charge on any atom is 0.120 e. The Balaban J connectivity index is 1.99. The quantitative estimate of drug-likeness (QED) is 0.911. The van der Waals surface area contributed by atoms with Crippen molar-refractivity contribution in [2.24, 2.45) is 11.8 Å². The molecule has 1 aliphatic rings. The van der Waals surface area contributed by atoms with Crippen molar-refractivity contribution in [3.63, 3.8) is 0 Å². The molecule has 1 fully saturated rings. The minimum absolute atomic E-state index is 0.371. The normalized spacial score (nSPS) is 20.9. The number of ether oxygens (including phenoxy) is 1. The number of phenols is 1. The third kappa shape index (κ3) is 3.89. The fourth-order valence-corrected chi connectivity index (χ4v) is 3.06. The van der Waals surface area contributed by atoms with Gasteiger partial charge in [-0.25, -0.2) is 0 Å². The van der Waals surface area contributed by atoms with E-state index >= 15 is 0 Å². The second kappa shape index (κ2) is 6.98. The molecule has 1 saturated heterocycles. The molecule has 0 bridgehead atoms. The zero-order chi connectivity index (χ0) is 14.5. The van der Waals surface area contributed by atoms with Crippen LogP contribution in [0.5, 0.6) is 11.5 Å². The third-order valence-corrected chi connectivity index (χ3v) is 4.49. The lowest BCUT2D eigenvalue weighted by Crippen LogP contribution is -2.24. The molecule has 0 spiro atoms. The van der Waals surface area contributed by atoms with E-state index in [2.05, 4.69) is 18.7 Å². The molecule has 112 valence electrons. The molecular formula is C17H27NO2. The second-order valence-electron chi connectivity index (χ2n) is 6.21. The summed E-state index contributed by atoms with van der Waals surface area (Å²) in [6.45, 7) is 7.72. The van der Waals surface area contributed by atoms with E-state index in [0.717, 1.165) is 42.8 Å². The first-order valence-electron chi connectivity index (χ1n) is 7.68. The maximum atomic E-state index is 9.99. The van der Waals surface area contributed by atoms with Crippen LogP contribution in [0.15, 0.2) is 18.2 Å². The number of likely N-dealkylation sites (tertiary alicyclic amines) is 1. The Morgan fingerprint density at radius 3 is 2.80 bits per heavy atom. The van der Waals surface area contributed by atoms with E-state index < -0.39 is 0 Å². The molecule has 1 N–H and O–H groups in total. The number of hydrogen-bond acceptors (Lipinski definition) is 3. The van der Waals surface area contributed by atoms with Crippen molar-refractivity contribution in [3.05, 3.63) is 23.8 Å². The summed E-state index contributed by atoms with van der Waals surface area (Å²) < 4.78 is 5.24. The van der Waals surface area contributed by atoms with E-state index in [9.17, 15) is 5.11 Å². The molecule has 3 heteroatoms. The molecule has 0 saturated carbocycles. The lowest BCUT2D eigenvalue weighted by molar-refractivity contribution is 0.261. The second-order valence-corrected chi connectivity index (χ2v) is 6.21. The fraction of sp³-hybridized carbons (Fsp3) is 0.647. The Hall–Kier alpha value is -1.22. The zero-order valence-electron chi connectivity index (χ0n) is 12.9. The predicted octanol–water partition coefficient (Wildman–Crippen LogP) is 3.66. The van der Waals surface area contributed by atoms with E-state index in [1.807, 2.05) is 6.07 Å². The van der Waals surface area contributed by atoms with Crippen LogP contribution in [0.4, 0.5) is 0 Å². The molecule has 1 aliphatic heterocycles. The average molecular weight is 277 g/mol. The predicted molar refractivity (Wildman–Crippen MR) is 82.1 cm³/mol. The summed E-state index contributed by atoms with van der Waals surface area (Å²) in [6.07, 6.45) is 3.86. The Morgan fingerprint density at radius 2 is 2.10 bits per heavy atom. The van der Waals surface area contributed by atoms with Gasteiger partial charge in [-0.15, -0.1) is 0 Å². The first-order valence-corrected chi connectivity index (χ1v) is 7.68. The highest BCUT2D eigenvalue weighted by atomic mass is 16.5. The number of phenolic OH excluding ortho intramolecular Hbond substituents is 1. The molecule has 0 aromatic heterocycles. The molecule has 2 rings (SSSR count). The van der Waals surface area contributed by atoms with Crippen LogP contribution in [0.2, 0.25) is 0 Å². The van der Waals surface area contributed by atoms with Gasteiger partial charge in [-0.3, -0.25) is 4.90 Å². The van der Waals surface area contributed by atoms with Gasteiger partial charge >= 0.3 is 0 Å². The fourth-order valence-electron chi connectivity index (χ4n) is 3.06. The first kappa shape index (κ1) is 15.2. The van der Waals surface area contributed by atoms with Crippen LogP contribution >= 0.6 is 0 Å². The monoisotopic (exact) mass is 277 g/mol. The molecule has 0 radical (unpaired) electrons. The molecule has 3 nitrogen and oxygen atoms in total. The van der Waals surface area contributed by atoms with Crippen LogP contribution in [-0.2, 0) is 6.54 Å². The third-order valence-electron chi connectivity index (χ3n) is 4.49. The first-order chi connectivity index (χ1) is 9.60. The standard InChI is InChI=1S/C17H27NO2/c1-13(2)14-5-4-9-18(10-8-14)12-15-11-16(20-3)6-7-17(15)19/h6-7,11,13-14,19H,4-5,8-10,12H2,1-3H3. The number of benzene rings is 1. The molecule has 0 amide bonds. The highest BCUT2D eigenvalue weighted by Gasteiger charge is 2.20. The van der Waals surface area contributed by atoms with Gasteiger partial charge in [0.2, 0.25) is 0 Å². The van der Waals surface area contributed by atoms with Crippen LogP contribution < -0.4 is 4.74 Å². The van der Waals surface area contributed by atoms with Gasteiger partial charge in [-0.2, -0.15) is 0 Å². The van der Waals surface area contributed by atoms with Crippen LogP contribution in [0.1, 0.15) is 38.7 Å². The Labute approximate surface area is 122 Å². The van der Waals surface area contributed by atoms with Crippen molar-refractivity contribution in [3.8, 4) is 11.5 Å². The number of hydrogen-bond donors (Lipinski definition) is 1. The summed E-state index contributed by atoms with van der Waals surface area (Å²) in [4.78, 5) is 2.46. The average Bonchev–Trinajstić information content (AvgIpc) is 2.67. The molecule has 0 aliphatic carbocycles. The number of aromatic hydroxyl groups is 1. The van der Waals surface area contributed by atoms with Crippen LogP contribution in [0.25, 0.3) is 0 Å². The minimum Gasteiger partial charge on any atom is -0.508 e. The van der Waals surface area contributed by atoms with Crippen LogP contribution in [0, 0.1) is 11.8 Å². The summed E-state index contributed by atoms with van der Waals surface area (Å²) in [5, 5.41) is 9.99. The van der Waals surface area contributed by atoms with Crippen LogP contribution in [-0.4, -0.2) is 30.2 Å². The number of methoxy groups -OCH3 is 1. The molecule has 1 aromatic rings. The van der Waals surface area contributed by atoms with Gasteiger partial charge in [-0.1, -0.05) is 13.8 Å². The number of nitrogens with zero attached hydrogens (tertiary/aromatic N) is 1. The zero-order valence-corrected chi connectivity index (χ0v) is 12.9. The molecule has 1 heterocycles. The van der Waals surface area contributed by atoms with E-state index in [1.165, 1.54) is 19.3 Å². The van der Waals surface area contributed by atoms with Gasteiger partial charge < -0.3 is 9.84 Å². The van der Waals surface area contributed by atoms with Gasteiger partial charge in [-0.05, 0) is 62.4 Å². The van der Waals surface area contributed by atoms with E-state index in [1.54, 1.807) is 19.2 Å². The molecule has 1 unspecified atom stereocenters. The summed E-state index contributed by atoms with van der Waals surface area (Å²) in [5.41, 5.74) is 0.965. The van der Waals surface area contributed by atoms with Gasteiger partial charge in [0, 0.05) is 12.1 Å². The minimum atomic E-state index is 0.371. The summed E-state index contributed by atoms with van der Waals surface area (Å²) in [7, 11) is 1.66. The van der Waals surface area contributed by atoms with Gasteiger partial charge in [0.1, 0.15) is 11.5 Å². The summed E-state index contributed by atoms with van der Waals surface area (Å²) in [5.74, 6) is 2.81. The Kier molecular flexibility index (Phi) is 5.30. The molecular weight excluding hydrogens is 250 g/mol. The lowest BCUT2D eigenvalue weighted by Gasteiger charge is -2.22. The topological polar surface area (TPSA) is 32.7 Å². The van der Waals surface area contributed by atoms with Crippen molar-refractivity contribution in [2.75, 3.05) is 20.2 Å². The van der Waals surface area contributed by atoms with E-state index in [4.69, 9.17) is 4.74 Å². The summed E-state index contributed by atoms with van der Waals surface area (Å²) in [6, 6.07) is 5.47. The van der Waals surface area contributed by atoms with E-state index in [-0.39, 0.29) is 0 Å². The lowest BCUT2D eigenvalue weighted by atomic mass is 9.89. The Bertz CT molecular complexity index is 431. The largest absolute Gasteiger partial charge is 0.508 e. The smallest absolute Gasteiger partial charge is 0.120 e. The highest BCUT2D eigenvalue weighted by molar-refractivity contribution is 5.39. The van der Waals surface area contributed by atoms with Gasteiger partial charge in [0.15, 0.2) is 0 Å². The summed E-state index contributed by atoms with van der Waals surface area (Å²) >= 11 is 0. The van der Waals surface area contributed by atoms with Crippen LogP contribution in [0.3, 0.4) is 0 Å². The molecule has 1 aromatic carbocycles. The van der Waals surface area contributed by atoms with Gasteiger partial charge in [0.05, 0.1) is 7.11 Å². The number of rotatable bonds is 4. The Morgan fingerprint density at radius 1 is 1.30 bits per heavy atom. The van der Waals surface area contributed by atoms with Crippen molar-refractivity contribution in [1.29, 1.82) is 0 Å². The molecule has 20 heavy (non-hydrogen) atoms. The van der Waals surface area contributed by atoms with Crippen molar-refractivity contribution in [2.45, 2.75) is 39.7 Å². The molecule has 1 atom stereocenters. The van der Waals surface area contributed by atoms with Crippen molar-refractivity contribution in [1.82, 2.24) is 4.90 Å². The van der Waals surface area contributed by atoms with E-state index in [0.29, 0.717) is 5.75 Å². The van der Waals surface area contributed by atoms with Crippen molar-refractivity contribution >= 4 is 0 Å².